The largest absolute Gasteiger partial charge is 0.325 e. The fourth-order valence-electron chi connectivity index (χ4n) is 1.89. The molecular weight excluding hydrogens is 331 g/mol. The van der Waals surface area contributed by atoms with Crippen LogP contribution in [-0.4, -0.2) is 11.8 Å². The number of anilines is 2. The van der Waals surface area contributed by atoms with Gasteiger partial charge in [0.25, 0.3) is 0 Å². The molecule has 6 heteroatoms. The molecule has 4 nitrogen and oxygen atoms in total. The van der Waals surface area contributed by atoms with Gasteiger partial charge in [-0.25, -0.2) is 4.39 Å². The highest BCUT2D eigenvalue weighted by Crippen LogP contribution is 2.24. The van der Waals surface area contributed by atoms with Gasteiger partial charge in [0.05, 0.1) is 5.02 Å². The van der Waals surface area contributed by atoms with Gasteiger partial charge in [0.15, 0.2) is 0 Å². The lowest BCUT2D eigenvalue weighted by molar-refractivity contribution is -0.135. The minimum Gasteiger partial charge on any atom is -0.325 e. The zero-order chi connectivity index (χ0) is 17.9. The monoisotopic (exact) mass is 348 g/mol. The van der Waals surface area contributed by atoms with Gasteiger partial charge in [-0.3, -0.25) is 9.59 Å². The first-order valence-electron chi connectivity index (χ1n) is 7.35. The first-order chi connectivity index (χ1) is 11.2. The maximum Gasteiger partial charge on any atom is 0.239 e. The molecule has 126 valence electrons. The lowest BCUT2D eigenvalue weighted by Gasteiger charge is -2.23. The van der Waals surface area contributed by atoms with Crippen LogP contribution in [0.2, 0.25) is 5.02 Å². The topological polar surface area (TPSA) is 58.2 Å². The van der Waals surface area contributed by atoms with Crippen molar-refractivity contribution in [1.29, 1.82) is 0 Å². The maximum atomic E-state index is 13.2. The Labute approximate surface area is 145 Å². The molecule has 0 aromatic heterocycles. The molecule has 24 heavy (non-hydrogen) atoms. The van der Waals surface area contributed by atoms with Crippen molar-refractivity contribution >= 4 is 34.8 Å². The van der Waals surface area contributed by atoms with Gasteiger partial charge in [0, 0.05) is 11.4 Å². The van der Waals surface area contributed by atoms with Gasteiger partial charge >= 0.3 is 0 Å². The second-order valence-electron chi connectivity index (χ2n) is 6.03. The summed E-state index contributed by atoms with van der Waals surface area (Å²) in [5.74, 6) is -1.54. The standard InChI is InChI=1S/C18H18ClFN2O2/c1-11-4-6-12(7-5-11)21-16(23)18(2,3)17(24)22-13-8-9-15(20)14(19)10-13/h4-10H,1-3H3,(H,21,23)(H,22,24). The fourth-order valence-corrected chi connectivity index (χ4v) is 2.07. The fraction of sp³-hybridized carbons (Fsp3) is 0.222. The highest BCUT2D eigenvalue weighted by molar-refractivity contribution is 6.31. The summed E-state index contributed by atoms with van der Waals surface area (Å²) >= 11 is 5.69. The van der Waals surface area contributed by atoms with Crippen LogP contribution in [0.3, 0.4) is 0 Å². The molecule has 2 rings (SSSR count). The Morgan fingerprint density at radius 2 is 1.46 bits per heavy atom. The lowest BCUT2D eigenvalue weighted by atomic mass is 9.90. The number of carbonyl (C=O) groups is 2. The van der Waals surface area contributed by atoms with Crippen molar-refractivity contribution in [2.75, 3.05) is 10.6 Å². The molecule has 0 aliphatic heterocycles. The van der Waals surface area contributed by atoms with E-state index in [1.807, 2.05) is 19.1 Å². The van der Waals surface area contributed by atoms with Crippen LogP contribution in [0.5, 0.6) is 0 Å². The van der Waals surface area contributed by atoms with Crippen molar-refractivity contribution in [3.8, 4) is 0 Å². The summed E-state index contributed by atoms with van der Waals surface area (Å²) in [6, 6.07) is 11.1. The van der Waals surface area contributed by atoms with E-state index in [0.717, 1.165) is 11.6 Å². The smallest absolute Gasteiger partial charge is 0.239 e. The molecule has 0 unspecified atom stereocenters. The van der Waals surface area contributed by atoms with E-state index in [1.54, 1.807) is 12.1 Å². The van der Waals surface area contributed by atoms with E-state index in [-0.39, 0.29) is 5.02 Å². The van der Waals surface area contributed by atoms with E-state index < -0.39 is 23.0 Å². The molecule has 0 saturated heterocycles. The number of hydrogen-bond acceptors (Lipinski definition) is 2. The lowest BCUT2D eigenvalue weighted by Crippen LogP contribution is -2.41. The van der Waals surface area contributed by atoms with Crippen LogP contribution in [0.15, 0.2) is 42.5 Å². The van der Waals surface area contributed by atoms with E-state index in [9.17, 15) is 14.0 Å². The molecule has 0 bridgehead atoms. The van der Waals surface area contributed by atoms with Crippen molar-refractivity contribution < 1.29 is 14.0 Å². The third-order valence-corrected chi connectivity index (χ3v) is 3.91. The van der Waals surface area contributed by atoms with Crippen molar-refractivity contribution in [3.63, 3.8) is 0 Å². The number of amides is 2. The predicted octanol–water partition coefficient (Wildman–Crippen LogP) is 4.39. The number of rotatable bonds is 4. The highest BCUT2D eigenvalue weighted by Gasteiger charge is 2.36. The van der Waals surface area contributed by atoms with Gasteiger partial charge in [0.1, 0.15) is 11.2 Å². The molecule has 0 atom stereocenters. The minimum atomic E-state index is -1.33. The van der Waals surface area contributed by atoms with Gasteiger partial charge < -0.3 is 10.6 Å². The Kier molecular flexibility index (Phi) is 5.24. The van der Waals surface area contributed by atoms with Gasteiger partial charge in [-0.05, 0) is 51.1 Å². The van der Waals surface area contributed by atoms with Crippen molar-refractivity contribution in [1.82, 2.24) is 0 Å². The van der Waals surface area contributed by atoms with Crippen molar-refractivity contribution in [2.45, 2.75) is 20.8 Å². The number of aryl methyl sites for hydroxylation is 1. The molecule has 0 heterocycles. The number of halogens is 2. The van der Waals surface area contributed by atoms with Crippen LogP contribution in [0.25, 0.3) is 0 Å². The van der Waals surface area contributed by atoms with E-state index in [0.29, 0.717) is 11.4 Å². The minimum absolute atomic E-state index is 0.102. The molecular formula is C18H18ClFN2O2. The number of hydrogen-bond donors (Lipinski definition) is 2. The van der Waals surface area contributed by atoms with Crippen LogP contribution >= 0.6 is 11.6 Å². The Bertz CT molecular complexity index is 773. The molecule has 2 amide bonds. The molecule has 0 radical (unpaired) electrons. The molecule has 0 saturated carbocycles. The van der Waals surface area contributed by atoms with Crippen molar-refractivity contribution in [2.24, 2.45) is 5.41 Å². The summed E-state index contributed by atoms with van der Waals surface area (Å²) in [5, 5.41) is 5.18. The number of carbonyl (C=O) groups excluding carboxylic acids is 2. The van der Waals surface area contributed by atoms with Gasteiger partial charge in [-0.1, -0.05) is 29.3 Å². The van der Waals surface area contributed by atoms with Crippen LogP contribution < -0.4 is 10.6 Å². The number of nitrogens with one attached hydrogen (secondary N) is 2. The zero-order valence-electron chi connectivity index (χ0n) is 13.6. The third kappa shape index (κ3) is 4.11. The molecule has 2 aromatic rings. The summed E-state index contributed by atoms with van der Waals surface area (Å²) in [5.41, 5.74) is 0.670. The zero-order valence-corrected chi connectivity index (χ0v) is 14.4. The van der Waals surface area contributed by atoms with E-state index >= 15 is 0 Å². The van der Waals surface area contributed by atoms with Gasteiger partial charge in [-0.15, -0.1) is 0 Å². The van der Waals surface area contributed by atoms with Crippen LogP contribution in [-0.2, 0) is 9.59 Å². The van der Waals surface area contributed by atoms with E-state index in [2.05, 4.69) is 10.6 Å². The summed E-state index contributed by atoms with van der Waals surface area (Å²) in [6.45, 7) is 4.96. The van der Waals surface area contributed by atoms with E-state index in [4.69, 9.17) is 11.6 Å². The quantitative estimate of drug-likeness (QED) is 0.805. The van der Waals surface area contributed by atoms with E-state index in [1.165, 1.54) is 26.0 Å². The highest BCUT2D eigenvalue weighted by atomic mass is 35.5. The van der Waals surface area contributed by atoms with Crippen molar-refractivity contribution in [3.05, 3.63) is 58.9 Å². The first-order valence-corrected chi connectivity index (χ1v) is 7.72. The molecule has 2 N–H and O–H groups in total. The Hall–Kier alpha value is -2.40. The average molecular weight is 349 g/mol. The summed E-state index contributed by atoms with van der Waals surface area (Å²) in [7, 11) is 0. The number of benzene rings is 2. The second-order valence-corrected chi connectivity index (χ2v) is 6.44. The van der Waals surface area contributed by atoms with Crippen LogP contribution in [0.4, 0.5) is 15.8 Å². The summed E-state index contributed by atoms with van der Waals surface area (Å²) in [6.07, 6.45) is 0. The maximum absolute atomic E-state index is 13.2. The average Bonchev–Trinajstić information content (AvgIpc) is 2.53. The Morgan fingerprint density at radius 3 is 2.00 bits per heavy atom. The van der Waals surface area contributed by atoms with Crippen LogP contribution in [0, 0.1) is 18.2 Å². The molecule has 0 spiro atoms. The first kappa shape index (κ1) is 17.9. The summed E-state index contributed by atoms with van der Waals surface area (Å²) in [4.78, 5) is 24.8. The molecule has 0 fully saturated rings. The summed E-state index contributed by atoms with van der Waals surface area (Å²) < 4.78 is 13.2. The Morgan fingerprint density at radius 1 is 0.958 bits per heavy atom. The molecule has 2 aromatic carbocycles. The van der Waals surface area contributed by atoms with Crippen LogP contribution in [0.1, 0.15) is 19.4 Å². The van der Waals surface area contributed by atoms with Gasteiger partial charge in [-0.2, -0.15) is 0 Å². The third-order valence-electron chi connectivity index (χ3n) is 3.62. The normalized spacial score (nSPS) is 11.0. The molecule has 0 aliphatic rings. The molecule has 0 aliphatic carbocycles. The van der Waals surface area contributed by atoms with Gasteiger partial charge in [0.2, 0.25) is 11.8 Å². The SMILES string of the molecule is Cc1ccc(NC(=O)C(C)(C)C(=O)Nc2ccc(F)c(Cl)c2)cc1. The predicted molar refractivity (Wildman–Crippen MR) is 93.6 cm³/mol. The second kappa shape index (κ2) is 7.01. The Balaban J connectivity index is 2.09.